The van der Waals surface area contributed by atoms with E-state index < -0.39 is 0 Å². The van der Waals surface area contributed by atoms with Crippen LogP contribution in [0.5, 0.6) is 0 Å². The highest BCUT2D eigenvalue weighted by molar-refractivity contribution is 9.10. The molecule has 0 radical (unpaired) electrons. The van der Waals surface area contributed by atoms with Crippen molar-refractivity contribution in [2.24, 2.45) is 0 Å². The summed E-state index contributed by atoms with van der Waals surface area (Å²) in [6.07, 6.45) is 0. The molecule has 0 fully saturated rings. The van der Waals surface area contributed by atoms with Crippen LogP contribution in [0, 0.1) is 6.92 Å². The maximum atomic E-state index is 11.8. The highest BCUT2D eigenvalue weighted by atomic mass is 79.9. The number of hydrogen-bond donors (Lipinski definition) is 2. The molecule has 0 saturated carbocycles. The van der Waals surface area contributed by atoms with E-state index in [1.807, 2.05) is 25.1 Å². The van der Waals surface area contributed by atoms with Crippen LogP contribution in [0.3, 0.4) is 0 Å². The molecule has 1 aromatic carbocycles. The standard InChI is InChI=1S/C13H19BrN2O/c1-9(2)15-6-7-16-13(17)11-4-5-12(14)10(3)8-11/h4-5,8-9,15H,6-7H2,1-3H3,(H,16,17). The van der Waals surface area contributed by atoms with Crippen molar-refractivity contribution in [3.63, 3.8) is 0 Å². The summed E-state index contributed by atoms with van der Waals surface area (Å²) in [6.45, 7) is 7.58. The molecule has 94 valence electrons. The molecule has 0 saturated heterocycles. The van der Waals surface area contributed by atoms with Gasteiger partial charge < -0.3 is 10.6 Å². The molecule has 0 bridgehead atoms. The fourth-order valence-corrected chi connectivity index (χ4v) is 1.67. The number of benzene rings is 1. The molecule has 4 heteroatoms. The lowest BCUT2D eigenvalue weighted by molar-refractivity contribution is 0.0953. The third-order valence-corrected chi connectivity index (χ3v) is 3.27. The predicted molar refractivity (Wildman–Crippen MR) is 74.4 cm³/mol. The van der Waals surface area contributed by atoms with Crippen LogP contribution in [-0.4, -0.2) is 25.0 Å². The predicted octanol–water partition coefficient (Wildman–Crippen LogP) is 2.49. The fourth-order valence-electron chi connectivity index (χ4n) is 1.42. The average Bonchev–Trinajstić information content (AvgIpc) is 2.27. The lowest BCUT2D eigenvalue weighted by Gasteiger charge is -2.09. The number of hydrogen-bond acceptors (Lipinski definition) is 2. The van der Waals surface area contributed by atoms with Crippen LogP contribution in [0.25, 0.3) is 0 Å². The smallest absolute Gasteiger partial charge is 0.251 e. The van der Waals surface area contributed by atoms with Crippen LogP contribution < -0.4 is 10.6 Å². The fraction of sp³-hybridized carbons (Fsp3) is 0.462. The molecule has 0 aliphatic heterocycles. The second-order valence-electron chi connectivity index (χ2n) is 4.33. The van der Waals surface area contributed by atoms with E-state index in [1.165, 1.54) is 0 Å². The molecule has 0 spiro atoms. The minimum Gasteiger partial charge on any atom is -0.351 e. The van der Waals surface area contributed by atoms with E-state index in [2.05, 4.69) is 40.4 Å². The third-order valence-electron chi connectivity index (χ3n) is 2.38. The summed E-state index contributed by atoms with van der Waals surface area (Å²) in [6, 6.07) is 6.05. The minimum atomic E-state index is -0.0221. The topological polar surface area (TPSA) is 41.1 Å². The Hall–Kier alpha value is -0.870. The molecule has 1 aromatic rings. The van der Waals surface area contributed by atoms with Crippen molar-refractivity contribution >= 4 is 21.8 Å². The van der Waals surface area contributed by atoms with Crippen LogP contribution in [0.2, 0.25) is 0 Å². The van der Waals surface area contributed by atoms with Crippen LogP contribution >= 0.6 is 15.9 Å². The van der Waals surface area contributed by atoms with Gasteiger partial charge >= 0.3 is 0 Å². The Balaban J connectivity index is 2.44. The van der Waals surface area contributed by atoms with Gasteiger partial charge in [-0.05, 0) is 30.7 Å². The summed E-state index contributed by atoms with van der Waals surface area (Å²) in [5, 5.41) is 6.13. The quantitative estimate of drug-likeness (QED) is 0.820. The Morgan fingerprint density at radius 1 is 1.35 bits per heavy atom. The van der Waals surface area contributed by atoms with Crippen LogP contribution in [0.15, 0.2) is 22.7 Å². The largest absolute Gasteiger partial charge is 0.351 e. The maximum Gasteiger partial charge on any atom is 0.251 e. The molecule has 1 rings (SSSR count). The van der Waals surface area contributed by atoms with Crippen LogP contribution in [0.4, 0.5) is 0 Å². The number of aryl methyl sites for hydroxylation is 1. The zero-order chi connectivity index (χ0) is 12.8. The van der Waals surface area contributed by atoms with Gasteiger partial charge in [0.1, 0.15) is 0 Å². The van der Waals surface area contributed by atoms with Crippen molar-refractivity contribution in [2.45, 2.75) is 26.8 Å². The first-order valence-corrected chi connectivity index (χ1v) is 6.57. The molecule has 0 atom stereocenters. The number of carbonyl (C=O) groups excluding carboxylic acids is 1. The lowest BCUT2D eigenvalue weighted by atomic mass is 10.1. The number of rotatable bonds is 5. The minimum absolute atomic E-state index is 0.0221. The van der Waals surface area contributed by atoms with E-state index in [9.17, 15) is 4.79 Å². The van der Waals surface area contributed by atoms with Crippen molar-refractivity contribution in [3.05, 3.63) is 33.8 Å². The molecule has 0 aromatic heterocycles. The lowest BCUT2D eigenvalue weighted by Crippen LogP contribution is -2.34. The van der Waals surface area contributed by atoms with Crippen LogP contribution in [0.1, 0.15) is 29.8 Å². The van der Waals surface area contributed by atoms with Gasteiger partial charge in [-0.3, -0.25) is 4.79 Å². The van der Waals surface area contributed by atoms with E-state index in [0.29, 0.717) is 18.2 Å². The first kappa shape index (κ1) is 14.2. The number of nitrogens with one attached hydrogen (secondary N) is 2. The van der Waals surface area contributed by atoms with Gasteiger partial charge in [-0.1, -0.05) is 29.8 Å². The van der Waals surface area contributed by atoms with Gasteiger partial charge in [0, 0.05) is 29.2 Å². The van der Waals surface area contributed by atoms with Gasteiger partial charge in [-0.15, -0.1) is 0 Å². The molecule has 0 heterocycles. The van der Waals surface area contributed by atoms with E-state index in [1.54, 1.807) is 0 Å². The molecule has 1 amide bonds. The normalized spacial score (nSPS) is 10.6. The van der Waals surface area contributed by atoms with E-state index in [0.717, 1.165) is 16.6 Å². The summed E-state index contributed by atoms with van der Waals surface area (Å²) in [7, 11) is 0. The SMILES string of the molecule is Cc1cc(C(=O)NCCNC(C)C)ccc1Br. The van der Waals surface area contributed by atoms with E-state index >= 15 is 0 Å². The molecule has 0 unspecified atom stereocenters. The molecule has 0 aliphatic carbocycles. The molecule has 2 N–H and O–H groups in total. The number of carbonyl (C=O) groups is 1. The maximum absolute atomic E-state index is 11.8. The second-order valence-corrected chi connectivity index (χ2v) is 5.18. The van der Waals surface area contributed by atoms with Crippen molar-refractivity contribution in [1.29, 1.82) is 0 Å². The molecule has 3 nitrogen and oxygen atoms in total. The third kappa shape index (κ3) is 4.88. The Morgan fingerprint density at radius 2 is 2.06 bits per heavy atom. The summed E-state index contributed by atoms with van der Waals surface area (Å²) < 4.78 is 1.02. The summed E-state index contributed by atoms with van der Waals surface area (Å²) in [5.74, 6) is -0.0221. The van der Waals surface area contributed by atoms with Gasteiger partial charge in [0.15, 0.2) is 0 Å². The Kier molecular flexibility index (Phi) is 5.65. The zero-order valence-corrected chi connectivity index (χ0v) is 12.1. The Bertz CT molecular complexity index is 391. The van der Waals surface area contributed by atoms with Gasteiger partial charge in [0.05, 0.1) is 0 Å². The summed E-state index contributed by atoms with van der Waals surface area (Å²) >= 11 is 3.42. The van der Waals surface area contributed by atoms with Gasteiger partial charge in [0.25, 0.3) is 5.91 Å². The van der Waals surface area contributed by atoms with Crippen molar-refractivity contribution < 1.29 is 4.79 Å². The number of amides is 1. The van der Waals surface area contributed by atoms with Crippen molar-refractivity contribution in [1.82, 2.24) is 10.6 Å². The number of halogens is 1. The molecular weight excluding hydrogens is 280 g/mol. The monoisotopic (exact) mass is 298 g/mol. The van der Waals surface area contributed by atoms with Gasteiger partial charge in [-0.25, -0.2) is 0 Å². The Morgan fingerprint density at radius 3 is 2.65 bits per heavy atom. The highest BCUT2D eigenvalue weighted by Gasteiger charge is 2.06. The average molecular weight is 299 g/mol. The van der Waals surface area contributed by atoms with Gasteiger partial charge in [-0.2, -0.15) is 0 Å². The first-order valence-electron chi connectivity index (χ1n) is 5.78. The first-order chi connectivity index (χ1) is 8.00. The summed E-state index contributed by atoms with van der Waals surface area (Å²) in [5.41, 5.74) is 1.77. The van der Waals surface area contributed by atoms with E-state index in [4.69, 9.17) is 0 Å². The van der Waals surface area contributed by atoms with Gasteiger partial charge in [0.2, 0.25) is 0 Å². The van der Waals surface area contributed by atoms with E-state index in [-0.39, 0.29) is 5.91 Å². The highest BCUT2D eigenvalue weighted by Crippen LogP contribution is 2.16. The zero-order valence-electron chi connectivity index (χ0n) is 10.5. The van der Waals surface area contributed by atoms with Crippen molar-refractivity contribution in [2.75, 3.05) is 13.1 Å². The van der Waals surface area contributed by atoms with Crippen LogP contribution in [-0.2, 0) is 0 Å². The molecule has 0 aliphatic rings. The van der Waals surface area contributed by atoms with Crippen molar-refractivity contribution in [3.8, 4) is 0 Å². The molecular formula is C13H19BrN2O. The Labute approximate surface area is 111 Å². The summed E-state index contributed by atoms with van der Waals surface area (Å²) in [4.78, 5) is 11.8. The molecule has 17 heavy (non-hydrogen) atoms. The second kappa shape index (κ2) is 6.77.